The van der Waals surface area contributed by atoms with Crippen molar-refractivity contribution >= 4 is 11.9 Å². The number of guanidine groups is 1. The van der Waals surface area contributed by atoms with Crippen LogP contribution in [0.3, 0.4) is 0 Å². The summed E-state index contributed by atoms with van der Waals surface area (Å²) >= 11 is 0. The molecule has 1 aliphatic rings. The van der Waals surface area contributed by atoms with Crippen molar-refractivity contribution in [3.05, 3.63) is 23.7 Å². The zero-order valence-corrected chi connectivity index (χ0v) is 15.6. The van der Waals surface area contributed by atoms with E-state index in [2.05, 4.69) is 32.8 Å². The van der Waals surface area contributed by atoms with Gasteiger partial charge in [0, 0.05) is 38.3 Å². The second-order valence-corrected chi connectivity index (χ2v) is 6.35. The first kappa shape index (κ1) is 19.3. The number of nitrogens with zero attached hydrogens (tertiary/aromatic N) is 2. The Kier molecular flexibility index (Phi) is 7.78. The number of carbonyl (C=O) groups excluding carboxylic acids is 1. The molecule has 1 aliphatic heterocycles. The second-order valence-electron chi connectivity index (χ2n) is 6.35. The minimum atomic E-state index is -0.161. The molecule has 0 aliphatic carbocycles. The van der Waals surface area contributed by atoms with Gasteiger partial charge in [0.05, 0.1) is 6.26 Å². The molecular formula is C18H31N5O2. The third-order valence-corrected chi connectivity index (χ3v) is 4.63. The zero-order valence-electron chi connectivity index (χ0n) is 15.6. The third-order valence-electron chi connectivity index (χ3n) is 4.63. The summed E-state index contributed by atoms with van der Waals surface area (Å²) in [4.78, 5) is 18.7. The molecule has 1 saturated heterocycles. The fourth-order valence-corrected chi connectivity index (χ4v) is 3.16. The van der Waals surface area contributed by atoms with Gasteiger partial charge >= 0.3 is 0 Å². The molecule has 0 bridgehead atoms. The molecule has 0 aromatic carbocycles. The Morgan fingerprint density at radius 2 is 2.16 bits per heavy atom. The minimum Gasteiger partial charge on any atom is -0.459 e. The van der Waals surface area contributed by atoms with E-state index in [4.69, 9.17) is 4.42 Å². The molecule has 0 radical (unpaired) electrons. The number of likely N-dealkylation sites (N-methyl/N-ethyl adjacent to an activating group) is 1. The molecule has 2 heterocycles. The zero-order chi connectivity index (χ0) is 18.1. The maximum absolute atomic E-state index is 11.9. The SMILES string of the molecule is CCN1CCCC1CNC(=NC)NCCCNC(=O)c1occc1C. The van der Waals surface area contributed by atoms with Crippen molar-refractivity contribution in [2.24, 2.45) is 4.99 Å². The standard InChI is InChI=1S/C18H31N5O2/c1-4-23-11-5-7-15(23)13-22-18(19-3)21-10-6-9-20-17(24)16-14(2)8-12-25-16/h8,12,15H,4-7,9-11,13H2,1-3H3,(H,20,24)(H2,19,21,22). The summed E-state index contributed by atoms with van der Waals surface area (Å²) in [5.74, 6) is 1.05. The van der Waals surface area contributed by atoms with Crippen molar-refractivity contribution in [1.29, 1.82) is 0 Å². The molecule has 25 heavy (non-hydrogen) atoms. The van der Waals surface area contributed by atoms with Crippen LogP contribution in [-0.4, -0.2) is 62.6 Å². The Morgan fingerprint density at radius 1 is 1.36 bits per heavy atom. The van der Waals surface area contributed by atoms with Crippen LogP contribution in [0.25, 0.3) is 0 Å². The van der Waals surface area contributed by atoms with Gasteiger partial charge in [0.1, 0.15) is 0 Å². The van der Waals surface area contributed by atoms with Crippen LogP contribution in [0, 0.1) is 6.92 Å². The number of hydrogen-bond acceptors (Lipinski definition) is 4. The summed E-state index contributed by atoms with van der Waals surface area (Å²) in [5, 5.41) is 9.56. The summed E-state index contributed by atoms with van der Waals surface area (Å²) in [5.41, 5.74) is 0.855. The lowest BCUT2D eigenvalue weighted by molar-refractivity contribution is 0.0925. The van der Waals surface area contributed by atoms with Crippen LogP contribution < -0.4 is 16.0 Å². The number of aliphatic imine (C=N–C) groups is 1. The average molecular weight is 349 g/mol. The van der Waals surface area contributed by atoms with E-state index >= 15 is 0 Å². The average Bonchev–Trinajstić information content (AvgIpc) is 3.25. The Labute approximate surface area is 150 Å². The molecular weight excluding hydrogens is 318 g/mol. The maximum atomic E-state index is 11.9. The third kappa shape index (κ3) is 5.77. The number of amides is 1. The molecule has 0 spiro atoms. The lowest BCUT2D eigenvalue weighted by Gasteiger charge is -2.24. The first-order chi connectivity index (χ1) is 12.2. The van der Waals surface area contributed by atoms with Crippen LogP contribution >= 0.6 is 0 Å². The van der Waals surface area contributed by atoms with Crippen molar-refractivity contribution in [1.82, 2.24) is 20.9 Å². The smallest absolute Gasteiger partial charge is 0.287 e. The minimum absolute atomic E-state index is 0.161. The highest BCUT2D eigenvalue weighted by Gasteiger charge is 2.22. The lowest BCUT2D eigenvalue weighted by Crippen LogP contribution is -2.45. The summed E-state index contributed by atoms with van der Waals surface area (Å²) in [6.45, 7) is 8.64. The lowest BCUT2D eigenvalue weighted by atomic mass is 10.2. The van der Waals surface area contributed by atoms with Crippen LogP contribution in [-0.2, 0) is 0 Å². The predicted octanol–water partition coefficient (Wildman–Crippen LogP) is 1.36. The molecule has 7 nitrogen and oxygen atoms in total. The molecule has 1 atom stereocenters. The second kappa shape index (κ2) is 10.1. The molecule has 1 aromatic heterocycles. The highest BCUT2D eigenvalue weighted by molar-refractivity contribution is 5.92. The van der Waals surface area contributed by atoms with Crippen LogP contribution in [0.15, 0.2) is 21.7 Å². The van der Waals surface area contributed by atoms with Crippen LogP contribution in [0.4, 0.5) is 0 Å². The van der Waals surface area contributed by atoms with Gasteiger partial charge in [0.2, 0.25) is 0 Å². The van der Waals surface area contributed by atoms with Gasteiger partial charge in [-0.15, -0.1) is 0 Å². The fourth-order valence-electron chi connectivity index (χ4n) is 3.16. The quantitative estimate of drug-likeness (QED) is 0.375. The van der Waals surface area contributed by atoms with Crippen LogP contribution in [0.5, 0.6) is 0 Å². The molecule has 140 valence electrons. The molecule has 7 heteroatoms. The monoisotopic (exact) mass is 349 g/mol. The number of carbonyl (C=O) groups is 1. The van der Waals surface area contributed by atoms with Crippen molar-refractivity contribution in [2.75, 3.05) is 39.8 Å². The van der Waals surface area contributed by atoms with E-state index in [9.17, 15) is 4.79 Å². The number of likely N-dealkylation sites (tertiary alicyclic amines) is 1. The Morgan fingerprint density at radius 3 is 2.84 bits per heavy atom. The van der Waals surface area contributed by atoms with Gasteiger partial charge in [0.25, 0.3) is 5.91 Å². The number of nitrogens with one attached hydrogen (secondary N) is 3. The van der Waals surface area contributed by atoms with E-state index in [0.29, 0.717) is 18.3 Å². The van der Waals surface area contributed by atoms with Crippen molar-refractivity contribution in [3.63, 3.8) is 0 Å². The highest BCUT2D eigenvalue weighted by Crippen LogP contribution is 2.15. The fraction of sp³-hybridized carbons (Fsp3) is 0.667. The largest absolute Gasteiger partial charge is 0.459 e. The number of furan rings is 1. The van der Waals surface area contributed by atoms with Crippen molar-refractivity contribution in [3.8, 4) is 0 Å². The first-order valence-corrected chi connectivity index (χ1v) is 9.16. The number of rotatable bonds is 8. The number of aryl methyl sites for hydroxylation is 1. The van der Waals surface area contributed by atoms with Crippen molar-refractivity contribution in [2.45, 2.75) is 39.2 Å². The van der Waals surface area contributed by atoms with Gasteiger partial charge in [-0.2, -0.15) is 0 Å². The molecule has 1 unspecified atom stereocenters. The maximum Gasteiger partial charge on any atom is 0.287 e. The number of hydrogen-bond donors (Lipinski definition) is 3. The van der Waals surface area contributed by atoms with E-state index < -0.39 is 0 Å². The summed E-state index contributed by atoms with van der Waals surface area (Å²) in [6, 6.07) is 2.38. The van der Waals surface area contributed by atoms with E-state index in [1.807, 2.05) is 6.92 Å². The van der Waals surface area contributed by atoms with Gasteiger partial charge in [-0.05, 0) is 45.3 Å². The van der Waals surface area contributed by atoms with Gasteiger partial charge in [-0.3, -0.25) is 14.7 Å². The molecule has 2 rings (SSSR count). The topological polar surface area (TPSA) is 81.9 Å². The Bertz CT molecular complexity index is 570. The molecule has 1 amide bonds. The van der Waals surface area contributed by atoms with Crippen LogP contribution in [0.1, 0.15) is 42.3 Å². The van der Waals surface area contributed by atoms with E-state index in [1.54, 1.807) is 13.1 Å². The summed E-state index contributed by atoms with van der Waals surface area (Å²) in [6.07, 6.45) is 4.87. The normalized spacial score (nSPS) is 18.4. The summed E-state index contributed by atoms with van der Waals surface area (Å²) in [7, 11) is 1.78. The van der Waals surface area contributed by atoms with Crippen LogP contribution in [0.2, 0.25) is 0 Å². The Balaban J connectivity index is 1.60. The van der Waals surface area contributed by atoms with Gasteiger partial charge in [-0.1, -0.05) is 6.92 Å². The van der Waals surface area contributed by atoms with Gasteiger partial charge in [-0.25, -0.2) is 0 Å². The van der Waals surface area contributed by atoms with Gasteiger partial charge < -0.3 is 20.4 Å². The van der Waals surface area contributed by atoms with Crippen molar-refractivity contribution < 1.29 is 9.21 Å². The molecule has 3 N–H and O–H groups in total. The van der Waals surface area contributed by atoms with Gasteiger partial charge in [0.15, 0.2) is 11.7 Å². The van der Waals surface area contributed by atoms with E-state index in [1.165, 1.54) is 25.6 Å². The molecule has 0 saturated carbocycles. The van der Waals surface area contributed by atoms with E-state index in [-0.39, 0.29) is 5.91 Å². The summed E-state index contributed by atoms with van der Waals surface area (Å²) < 4.78 is 5.18. The first-order valence-electron chi connectivity index (χ1n) is 9.16. The Hall–Kier alpha value is -2.02. The molecule has 1 fully saturated rings. The predicted molar refractivity (Wildman–Crippen MR) is 100 cm³/mol. The highest BCUT2D eigenvalue weighted by atomic mass is 16.3. The molecule has 1 aromatic rings. The van der Waals surface area contributed by atoms with E-state index in [0.717, 1.165) is 37.6 Å².